The van der Waals surface area contributed by atoms with Crippen LogP contribution in [0.15, 0.2) is 48.5 Å². The molecule has 22 heavy (non-hydrogen) atoms. The quantitative estimate of drug-likeness (QED) is 0.681. The van der Waals surface area contributed by atoms with Crippen LogP contribution in [0, 0.1) is 0 Å². The Bertz CT molecular complexity index is 766. The molecule has 0 spiro atoms. The Morgan fingerprint density at radius 2 is 1.77 bits per heavy atom. The third-order valence-electron chi connectivity index (χ3n) is 3.82. The summed E-state index contributed by atoms with van der Waals surface area (Å²) in [5.41, 5.74) is 3.18. The van der Waals surface area contributed by atoms with Gasteiger partial charge in [-0.3, -0.25) is 4.90 Å². The molecule has 0 saturated carbocycles. The predicted octanol–water partition coefficient (Wildman–Crippen LogP) is 4.86. The van der Waals surface area contributed by atoms with E-state index in [9.17, 15) is 0 Å². The van der Waals surface area contributed by atoms with Crippen LogP contribution in [-0.2, 0) is 0 Å². The molecular weight excluding hydrogens is 317 g/mol. The molecule has 0 saturated heterocycles. The van der Waals surface area contributed by atoms with Gasteiger partial charge in [0, 0.05) is 16.0 Å². The van der Waals surface area contributed by atoms with Crippen molar-refractivity contribution in [2.45, 2.75) is 13.1 Å². The Balaban J connectivity index is 0.00000176. The van der Waals surface area contributed by atoms with Gasteiger partial charge in [0.1, 0.15) is 11.9 Å². The molecule has 1 aromatic heterocycles. The van der Waals surface area contributed by atoms with Crippen LogP contribution in [0.4, 0.5) is 0 Å². The Hall–Kier alpha value is -1.55. The zero-order valence-electron chi connectivity index (χ0n) is 12.8. The maximum Gasteiger partial charge on any atom is 0.101 e. The maximum absolute atomic E-state index is 6.18. The molecule has 5 heteroatoms. The van der Waals surface area contributed by atoms with Crippen LogP contribution < -0.4 is 0 Å². The van der Waals surface area contributed by atoms with Gasteiger partial charge in [-0.15, -0.1) is 12.4 Å². The zero-order chi connectivity index (χ0) is 15.0. The van der Waals surface area contributed by atoms with Crippen molar-refractivity contribution in [1.82, 2.24) is 14.7 Å². The first-order valence-corrected chi connectivity index (χ1v) is 7.35. The second-order valence-corrected chi connectivity index (χ2v) is 5.85. The maximum atomic E-state index is 6.18. The van der Waals surface area contributed by atoms with Crippen LogP contribution in [-0.4, -0.2) is 28.8 Å². The highest BCUT2D eigenvalue weighted by Gasteiger charge is 2.17. The van der Waals surface area contributed by atoms with Gasteiger partial charge in [-0.2, -0.15) is 5.10 Å². The average Bonchev–Trinajstić information content (AvgIpc) is 2.85. The van der Waals surface area contributed by atoms with E-state index in [1.807, 2.05) is 41.1 Å². The summed E-state index contributed by atoms with van der Waals surface area (Å²) in [6, 6.07) is 16.2. The number of hydrogen-bond acceptors (Lipinski definition) is 2. The Kier molecular flexibility index (Phi) is 5.12. The minimum absolute atomic E-state index is 0. The molecule has 0 N–H and O–H groups in total. The molecule has 1 unspecified atom stereocenters. The van der Waals surface area contributed by atoms with E-state index in [-0.39, 0.29) is 18.6 Å². The van der Waals surface area contributed by atoms with Crippen LogP contribution in [0.1, 0.15) is 13.1 Å². The number of benzene rings is 2. The van der Waals surface area contributed by atoms with E-state index in [2.05, 4.69) is 38.1 Å². The molecular formula is C17H19Cl2N3. The summed E-state index contributed by atoms with van der Waals surface area (Å²) >= 11 is 6.18. The second-order valence-electron chi connectivity index (χ2n) is 5.42. The Morgan fingerprint density at radius 3 is 2.41 bits per heavy atom. The molecule has 0 amide bonds. The SMILES string of the molecule is CC(N(C)C)n1nc(-c2ccccc2)c2cc(Cl)ccc21.Cl. The van der Waals surface area contributed by atoms with Crippen molar-refractivity contribution < 1.29 is 0 Å². The van der Waals surface area contributed by atoms with Crippen LogP contribution >= 0.6 is 24.0 Å². The van der Waals surface area contributed by atoms with Crippen molar-refractivity contribution in [3.8, 4) is 11.3 Å². The fourth-order valence-electron chi connectivity index (χ4n) is 2.43. The van der Waals surface area contributed by atoms with Gasteiger partial charge >= 0.3 is 0 Å². The Labute approximate surface area is 141 Å². The van der Waals surface area contributed by atoms with Crippen molar-refractivity contribution >= 4 is 34.9 Å². The first-order chi connectivity index (χ1) is 10.1. The van der Waals surface area contributed by atoms with Gasteiger partial charge in [-0.05, 0) is 39.2 Å². The Morgan fingerprint density at radius 1 is 1.09 bits per heavy atom. The largest absolute Gasteiger partial charge is 0.288 e. The van der Waals surface area contributed by atoms with Crippen LogP contribution in [0.5, 0.6) is 0 Å². The van der Waals surface area contributed by atoms with Crippen molar-refractivity contribution in [2.24, 2.45) is 0 Å². The lowest BCUT2D eigenvalue weighted by Gasteiger charge is -2.20. The minimum atomic E-state index is 0. The molecule has 1 heterocycles. The highest BCUT2D eigenvalue weighted by molar-refractivity contribution is 6.31. The van der Waals surface area contributed by atoms with Gasteiger partial charge in [0.15, 0.2) is 0 Å². The van der Waals surface area contributed by atoms with E-state index in [4.69, 9.17) is 16.7 Å². The first-order valence-electron chi connectivity index (χ1n) is 6.97. The third-order valence-corrected chi connectivity index (χ3v) is 4.05. The second kappa shape index (κ2) is 6.69. The fourth-order valence-corrected chi connectivity index (χ4v) is 2.60. The lowest BCUT2D eigenvalue weighted by atomic mass is 10.1. The predicted molar refractivity (Wildman–Crippen MR) is 95.8 cm³/mol. The molecule has 0 aliphatic rings. The molecule has 0 fully saturated rings. The van der Waals surface area contributed by atoms with E-state index >= 15 is 0 Å². The summed E-state index contributed by atoms with van der Waals surface area (Å²) in [6.07, 6.45) is 0.172. The monoisotopic (exact) mass is 335 g/mol. The smallest absolute Gasteiger partial charge is 0.101 e. The standard InChI is InChI=1S/C17H18ClN3.ClH/c1-12(20(2)3)21-16-10-9-14(18)11-15(16)17(19-21)13-7-5-4-6-8-13;/h4-12H,1-3H3;1H. The number of rotatable bonds is 3. The number of hydrogen-bond donors (Lipinski definition) is 0. The number of fused-ring (bicyclic) bond motifs is 1. The van der Waals surface area contributed by atoms with Crippen molar-refractivity contribution in [1.29, 1.82) is 0 Å². The molecule has 3 aromatic rings. The normalized spacial score (nSPS) is 12.4. The van der Waals surface area contributed by atoms with E-state index in [1.54, 1.807) is 0 Å². The molecule has 0 radical (unpaired) electrons. The molecule has 3 rings (SSSR count). The van der Waals surface area contributed by atoms with E-state index in [0.29, 0.717) is 0 Å². The van der Waals surface area contributed by atoms with Crippen LogP contribution in [0.3, 0.4) is 0 Å². The van der Waals surface area contributed by atoms with Gasteiger partial charge in [0.25, 0.3) is 0 Å². The molecule has 116 valence electrons. The molecule has 1 atom stereocenters. The number of aromatic nitrogens is 2. The molecule has 2 aromatic carbocycles. The fraction of sp³-hybridized carbons (Fsp3) is 0.235. The summed E-state index contributed by atoms with van der Waals surface area (Å²) in [5, 5.41) is 6.66. The van der Waals surface area contributed by atoms with Crippen molar-refractivity contribution in [2.75, 3.05) is 14.1 Å². The van der Waals surface area contributed by atoms with Crippen molar-refractivity contribution in [3.05, 3.63) is 53.6 Å². The van der Waals surface area contributed by atoms with Gasteiger partial charge in [-0.25, -0.2) is 4.68 Å². The zero-order valence-corrected chi connectivity index (χ0v) is 14.4. The molecule has 0 bridgehead atoms. The van der Waals surface area contributed by atoms with E-state index in [1.165, 1.54) is 0 Å². The van der Waals surface area contributed by atoms with E-state index in [0.717, 1.165) is 27.2 Å². The van der Waals surface area contributed by atoms with Gasteiger partial charge in [0.2, 0.25) is 0 Å². The molecule has 0 aliphatic carbocycles. The highest BCUT2D eigenvalue weighted by Crippen LogP contribution is 2.31. The topological polar surface area (TPSA) is 21.1 Å². The van der Waals surface area contributed by atoms with E-state index < -0.39 is 0 Å². The van der Waals surface area contributed by atoms with Gasteiger partial charge < -0.3 is 0 Å². The first kappa shape index (κ1) is 16.8. The number of nitrogens with zero attached hydrogens (tertiary/aromatic N) is 3. The van der Waals surface area contributed by atoms with Crippen LogP contribution in [0.25, 0.3) is 22.2 Å². The summed E-state index contributed by atoms with van der Waals surface area (Å²) < 4.78 is 2.05. The third kappa shape index (κ3) is 2.98. The number of halogens is 2. The highest BCUT2D eigenvalue weighted by atomic mass is 35.5. The summed E-state index contributed by atoms with van der Waals surface area (Å²) in [4.78, 5) is 2.13. The summed E-state index contributed by atoms with van der Waals surface area (Å²) in [6.45, 7) is 2.13. The van der Waals surface area contributed by atoms with Crippen molar-refractivity contribution in [3.63, 3.8) is 0 Å². The minimum Gasteiger partial charge on any atom is -0.288 e. The summed E-state index contributed by atoms with van der Waals surface area (Å²) in [7, 11) is 4.10. The van der Waals surface area contributed by atoms with Gasteiger partial charge in [0.05, 0.1) is 5.52 Å². The lowest BCUT2D eigenvalue weighted by molar-refractivity contribution is 0.227. The van der Waals surface area contributed by atoms with Gasteiger partial charge in [-0.1, -0.05) is 41.9 Å². The average molecular weight is 336 g/mol. The molecule has 0 aliphatic heterocycles. The lowest BCUT2D eigenvalue weighted by Crippen LogP contribution is -2.23. The summed E-state index contributed by atoms with van der Waals surface area (Å²) in [5.74, 6) is 0. The van der Waals surface area contributed by atoms with Crippen LogP contribution in [0.2, 0.25) is 5.02 Å². The molecule has 3 nitrogen and oxygen atoms in total.